The summed E-state index contributed by atoms with van der Waals surface area (Å²) in [5, 5.41) is 0. The number of hydrogen-bond acceptors (Lipinski definition) is 4. The minimum atomic E-state index is -0.339. The van der Waals surface area contributed by atoms with Crippen LogP contribution in [-0.4, -0.2) is 20.2 Å². The summed E-state index contributed by atoms with van der Waals surface area (Å²) >= 11 is 0. The summed E-state index contributed by atoms with van der Waals surface area (Å²) in [6.07, 6.45) is 0.285. The molecule has 0 bridgehead atoms. The zero-order chi connectivity index (χ0) is 13.3. The highest BCUT2D eigenvalue weighted by molar-refractivity contribution is 5.95. The summed E-state index contributed by atoms with van der Waals surface area (Å²) in [7, 11) is 3.11. The van der Waals surface area contributed by atoms with Gasteiger partial charge in [-0.3, -0.25) is 0 Å². The first-order valence-electron chi connectivity index (χ1n) is 5.68. The summed E-state index contributed by atoms with van der Waals surface area (Å²) in [5.74, 6) is 0.855. The lowest BCUT2D eigenvalue weighted by atomic mass is 9.99. The summed E-state index contributed by atoms with van der Waals surface area (Å²) in [4.78, 5) is 11.8. The molecule has 1 unspecified atom stereocenters. The van der Waals surface area contributed by atoms with Gasteiger partial charge in [0.1, 0.15) is 17.6 Å². The van der Waals surface area contributed by atoms with E-state index in [1.165, 1.54) is 0 Å². The third kappa shape index (κ3) is 2.06. The van der Waals surface area contributed by atoms with Crippen molar-refractivity contribution in [3.63, 3.8) is 0 Å². The number of carbonyl (C=O) groups excluding carboxylic acids is 1. The molecule has 4 nitrogen and oxygen atoms in total. The number of ether oxygens (including phenoxy) is 3. The van der Waals surface area contributed by atoms with Crippen LogP contribution >= 0.6 is 0 Å². The Labute approximate surface area is 106 Å². The minimum Gasteiger partial charge on any atom is -0.497 e. The monoisotopic (exact) mass is 248 g/mol. The van der Waals surface area contributed by atoms with Gasteiger partial charge in [-0.1, -0.05) is 12.2 Å². The molecule has 96 valence electrons. The molecule has 1 aliphatic heterocycles. The van der Waals surface area contributed by atoms with Crippen LogP contribution in [0.2, 0.25) is 0 Å². The molecular weight excluding hydrogens is 232 g/mol. The predicted molar refractivity (Wildman–Crippen MR) is 67.1 cm³/mol. The topological polar surface area (TPSA) is 44.8 Å². The fourth-order valence-electron chi connectivity index (χ4n) is 2.10. The molecule has 1 aromatic carbocycles. The molecule has 1 aliphatic rings. The van der Waals surface area contributed by atoms with Gasteiger partial charge in [0.2, 0.25) is 0 Å². The fraction of sp³-hybridized carbons (Fsp3) is 0.357. The first-order chi connectivity index (χ1) is 8.56. The number of carbonyl (C=O) groups is 1. The molecule has 0 fully saturated rings. The van der Waals surface area contributed by atoms with Gasteiger partial charge in [0.25, 0.3) is 0 Å². The average Bonchev–Trinajstić information content (AvgIpc) is 2.64. The van der Waals surface area contributed by atoms with Gasteiger partial charge in [-0.15, -0.1) is 0 Å². The van der Waals surface area contributed by atoms with E-state index in [-0.39, 0.29) is 12.1 Å². The van der Waals surface area contributed by atoms with E-state index in [0.717, 1.165) is 11.1 Å². The second-order valence-corrected chi connectivity index (χ2v) is 4.35. The Morgan fingerprint density at radius 2 is 2.11 bits per heavy atom. The fourth-order valence-corrected chi connectivity index (χ4v) is 2.10. The maximum atomic E-state index is 11.8. The first-order valence-corrected chi connectivity index (χ1v) is 5.68. The van der Waals surface area contributed by atoms with Gasteiger partial charge in [-0.2, -0.15) is 0 Å². The molecule has 0 saturated carbocycles. The van der Waals surface area contributed by atoms with Crippen LogP contribution < -0.4 is 9.47 Å². The van der Waals surface area contributed by atoms with Crippen LogP contribution in [0.4, 0.5) is 0 Å². The molecule has 0 aliphatic carbocycles. The molecule has 1 heterocycles. The largest absolute Gasteiger partial charge is 0.497 e. The predicted octanol–water partition coefficient (Wildman–Crippen LogP) is 2.88. The molecule has 0 saturated heterocycles. The highest BCUT2D eigenvalue weighted by Crippen LogP contribution is 2.42. The van der Waals surface area contributed by atoms with Crippen molar-refractivity contribution in [2.75, 3.05) is 14.2 Å². The zero-order valence-corrected chi connectivity index (χ0v) is 10.8. The van der Waals surface area contributed by atoms with Crippen molar-refractivity contribution in [3.05, 3.63) is 35.4 Å². The van der Waals surface area contributed by atoms with Crippen molar-refractivity contribution in [1.29, 1.82) is 0 Å². The number of esters is 1. The lowest BCUT2D eigenvalue weighted by molar-refractivity contribution is 0.0385. The van der Waals surface area contributed by atoms with E-state index in [4.69, 9.17) is 14.2 Å². The molecule has 0 amide bonds. The Morgan fingerprint density at radius 3 is 2.67 bits per heavy atom. The molecule has 2 rings (SSSR count). The lowest BCUT2D eigenvalue weighted by Gasteiger charge is -2.14. The van der Waals surface area contributed by atoms with E-state index in [1.54, 1.807) is 26.4 Å². The SMILES string of the molecule is C=C(C)CC1OC(=O)c2cc(OC)cc(OC)c21. The van der Waals surface area contributed by atoms with Crippen molar-refractivity contribution in [1.82, 2.24) is 0 Å². The second-order valence-electron chi connectivity index (χ2n) is 4.35. The van der Waals surface area contributed by atoms with E-state index in [1.807, 2.05) is 6.92 Å². The van der Waals surface area contributed by atoms with Gasteiger partial charge in [0.05, 0.1) is 19.8 Å². The smallest absolute Gasteiger partial charge is 0.339 e. The van der Waals surface area contributed by atoms with Crippen LogP contribution in [-0.2, 0) is 4.74 Å². The number of methoxy groups -OCH3 is 2. The Hall–Kier alpha value is -1.97. The highest BCUT2D eigenvalue weighted by atomic mass is 16.6. The van der Waals surface area contributed by atoms with Crippen molar-refractivity contribution < 1.29 is 19.0 Å². The quantitative estimate of drug-likeness (QED) is 0.607. The van der Waals surface area contributed by atoms with Gasteiger partial charge in [0.15, 0.2) is 0 Å². The van der Waals surface area contributed by atoms with E-state index >= 15 is 0 Å². The molecule has 0 spiro atoms. The van der Waals surface area contributed by atoms with Crippen LogP contribution in [0, 0.1) is 0 Å². The molecule has 0 N–H and O–H groups in total. The summed E-state index contributed by atoms with van der Waals surface area (Å²) in [5.41, 5.74) is 2.25. The third-order valence-corrected chi connectivity index (χ3v) is 2.90. The Bertz CT molecular complexity index is 505. The maximum absolute atomic E-state index is 11.8. The number of cyclic esters (lactones) is 1. The number of benzene rings is 1. The Kier molecular flexibility index (Phi) is 3.28. The van der Waals surface area contributed by atoms with Gasteiger partial charge in [-0.25, -0.2) is 4.79 Å². The van der Waals surface area contributed by atoms with Gasteiger partial charge >= 0.3 is 5.97 Å². The molecule has 1 aromatic rings. The van der Waals surface area contributed by atoms with Crippen molar-refractivity contribution in [2.45, 2.75) is 19.4 Å². The van der Waals surface area contributed by atoms with Crippen molar-refractivity contribution in [2.24, 2.45) is 0 Å². The Morgan fingerprint density at radius 1 is 1.39 bits per heavy atom. The maximum Gasteiger partial charge on any atom is 0.339 e. The Balaban J connectivity index is 2.51. The highest BCUT2D eigenvalue weighted by Gasteiger charge is 2.34. The molecule has 1 atom stereocenters. The molecular formula is C14H16O4. The molecule has 0 radical (unpaired) electrons. The molecule has 0 aromatic heterocycles. The normalized spacial score (nSPS) is 17.1. The van der Waals surface area contributed by atoms with Crippen LogP contribution in [0.15, 0.2) is 24.3 Å². The second kappa shape index (κ2) is 4.72. The van der Waals surface area contributed by atoms with E-state index < -0.39 is 0 Å². The molecule has 4 heteroatoms. The average molecular weight is 248 g/mol. The molecule has 18 heavy (non-hydrogen) atoms. The van der Waals surface area contributed by atoms with E-state index in [9.17, 15) is 4.79 Å². The van der Waals surface area contributed by atoms with E-state index in [2.05, 4.69) is 6.58 Å². The van der Waals surface area contributed by atoms with Gasteiger partial charge in [-0.05, 0) is 13.0 Å². The summed E-state index contributed by atoms with van der Waals surface area (Å²) in [6.45, 7) is 5.75. The van der Waals surface area contributed by atoms with E-state index in [0.29, 0.717) is 23.5 Å². The first kappa shape index (κ1) is 12.5. The van der Waals surface area contributed by atoms with Gasteiger partial charge < -0.3 is 14.2 Å². The zero-order valence-electron chi connectivity index (χ0n) is 10.8. The standard InChI is InChI=1S/C14H16O4/c1-8(2)5-12-13-10(14(15)18-12)6-9(16-3)7-11(13)17-4/h6-7,12H,1,5H2,2-4H3. The van der Waals surface area contributed by atoms with Crippen LogP contribution in [0.1, 0.15) is 35.4 Å². The van der Waals surface area contributed by atoms with Crippen LogP contribution in [0.3, 0.4) is 0 Å². The van der Waals surface area contributed by atoms with Crippen LogP contribution in [0.5, 0.6) is 11.5 Å². The third-order valence-electron chi connectivity index (χ3n) is 2.90. The minimum absolute atomic E-state index is 0.314. The summed E-state index contributed by atoms with van der Waals surface area (Å²) in [6, 6.07) is 3.44. The van der Waals surface area contributed by atoms with Crippen molar-refractivity contribution >= 4 is 5.97 Å². The van der Waals surface area contributed by atoms with Crippen molar-refractivity contribution in [3.8, 4) is 11.5 Å². The van der Waals surface area contributed by atoms with Crippen LogP contribution in [0.25, 0.3) is 0 Å². The number of rotatable bonds is 4. The number of fused-ring (bicyclic) bond motifs is 1. The summed E-state index contributed by atoms with van der Waals surface area (Å²) < 4.78 is 15.8. The lowest BCUT2D eigenvalue weighted by Crippen LogP contribution is -2.00. The number of hydrogen-bond donors (Lipinski definition) is 0. The van der Waals surface area contributed by atoms with Gasteiger partial charge in [0, 0.05) is 18.1 Å².